The molecule has 20 heavy (non-hydrogen) atoms. The average molecular weight is 299 g/mol. The second-order valence-electron chi connectivity index (χ2n) is 5.24. The summed E-state index contributed by atoms with van der Waals surface area (Å²) in [6, 6.07) is 7.36. The number of hydrogen-bond donors (Lipinski definition) is 2. The second-order valence-corrected chi connectivity index (χ2v) is 5.24. The number of anilines is 1. The molecule has 1 atom stereocenters. The molecule has 3 N–H and O–H groups in total. The van der Waals surface area contributed by atoms with Crippen LogP contribution in [0.15, 0.2) is 24.3 Å². The monoisotopic (exact) mass is 298 g/mol. The van der Waals surface area contributed by atoms with Crippen LogP contribution in [-0.2, 0) is 9.53 Å². The number of hydrogen-bond acceptors (Lipinski definition) is 4. The topological polar surface area (TPSA) is 73.6 Å². The quantitative estimate of drug-likeness (QED) is 0.887. The minimum atomic E-state index is -0.643. The molecule has 2 fully saturated rings. The van der Waals surface area contributed by atoms with Crippen molar-refractivity contribution in [3.8, 4) is 5.75 Å². The lowest BCUT2D eigenvalue weighted by molar-refractivity contribution is -0.118. The molecule has 0 aromatic heterocycles. The van der Waals surface area contributed by atoms with Gasteiger partial charge in [-0.3, -0.25) is 4.79 Å². The molecule has 1 heterocycles. The molecule has 1 unspecified atom stereocenters. The van der Waals surface area contributed by atoms with Crippen LogP contribution in [0.3, 0.4) is 0 Å². The van der Waals surface area contributed by atoms with Crippen LogP contribution in [0.25, 0.3) is 0 Å². The van der Waals surface area contributed by atoms with E-state index in [4.69, 9.17) is 15.2 Å². The van der Waals surface area contributed by atoms with Crippen LogP contribution in [0, 0.1) is 0 Å². The third kappa shape index (κ3) is 3.42. The van der Waals surface area contributed by atoms with Crippen molar-refractivity contribution in [1.82, 2.24) is 0 Å². The summed E-state index contributed by atoms with van der Waals surface area (Å²) < 4.78 is 11.0. The maximum Gasteiger partial charge on any atom is 0.244 e. The Kier molecular flexibility index (Phi) is 4.52. The van der Waals surface area contributed by atoms with Crippen molar-refractivity contribution in [1.29, 1.82) is 0 Å². The van der Waals surface area contributed by atoms with E-state index in [9.17, 15) is 4.79 Å². The predicted octanol–water partition coefficient (Wildman–Crippen LogP) is 1.71. The molecular formula is C14H19ClN2O3. The molecule has 1 aromatic rings. The van der Waals surface area contributed by atoms with Crippen LogP contribution in [0.2, 0.25) is 0 Å². The molecule has 1 aromatic carbocycles. The molecule has 110 valence electrons. The molecule has 1 aliphatic carbocycles. The summed E-state index contributed by atoms with van der Waals surface area (Å²) in [5.41, 5.74) is 5.93. The van der Waals surface area contributed by atoms with Crippen LogP contribution < -0.4 is 15.8 Å². The Morgan fingerprint density at radius 2 is 2.05 bits per heavy atom. The van der Waals surface area contributed by atoms with Crippen molar-refractivity contribution in [2.75, 3.05) is 18.5 Å². The molecule has 3 rings (SSSR count). The molecule has 2 aliphatic rings. The van der Waals surface area contributed by atoms with Crippen LogP contribution in [-0.4, -0.2) is 30.8 Å². The third-order valence-corrected chi connectivity index (χ3v) is 3.54. The smallest absolute Gasteiger partial charge is 0.244 e. The van der Waals surface area contributed by atoms with E-state index in [1.54, 1.807) is 0 Å². The van der Waals surface area contributed by atoms with E-state index in [-0.39, 0.29) is 24.4 Å². The fourth-order valence-electron chi connectivity index (χ4n) is 2.03. The van der Waals surface area contributed by atoms with Crippen LogP contribution in [0.1, 0.15) is 19.3 Å². The largest absolute Gasteiger partial charge is 0.488 e. The number of benzene rings is 1. The highest BCUT2D eigenvalue weighted by atomic mass is 35.5. The van der Waals surface area contributed by atoms with Gasteiger partial charge in [0.25, 0.3) is 0 Å². The van der Waals surface area contributed by atoms with Crippen molar-refractivity contribution in [3.63, 3.8) is 0 Å². The normalized spacial score (nSPS) is 22.8. The number of halogens is 1. The fraction of sp³-hybridized carbons (Fsp3) is 0.500. The lowest BCUT2D eigenvalue weighted by Crippen LogP contribution is -2.37. The molecule has 0 radical (unpaired) electrons. The first-order valence-electron chi connectivity index (χ1n) is 6.60. The first kappa shape index (κ1) is 15.1. The molecule has 0 bridgehead atoms. The molecule has 1 amide bonds. The third-order valence-electron chi connectivity index (χ3n) is 3.54. The number of nitrogens with two attached hydrogens (primary N) is 1. The molecule has 6 heteroatoms. The van der Waals surface area contributed by atoms with Gasteiger partial charge in [0, 0.05) is 12.1 Å². The van der Waals surface area contributed by atoms with Gasteiger partial charge in [-0.1, -0.05) is 0 Å². The predicted molar refractivity (Wildman–Crippen MR) is 78.3 cm³/mol. The Morgan fingerprint density at radius 3 is 2.60 bits per heavy atom. The van der Waals surface area contributed by atoms with Crippen molar-refractivity contribution in [2.24, 2.45) is 5.73 Å². The van der Waals surface area contributed by atoms with Gasteiger partial charge in [0.05, 0.1) is 18.8 Å². The van der Waals surface area contributed by atoms with E-state index in [0.717, 1.165) is 37.3 Å². The van der Waals surface area contributed by atoms with Gasteiger partial charge >= 0.3 is 0 Å². The van der Waals surface area contributed by atoms with Crippen molar-refractivity contribution >= 4 is 24.0 Å². The lowest BCUT2D eigenvalue weighted by Gasteiger charge is -2.13. The number of rotatable bonds is 4. The molecule has 1 saturated heterocycles. The van der Waals surface area contributed by atoms with Crippen molar-refractivity contribution < 1.29 is 14.3 Å². The highest BCUT2D eigenvalue weighted by molar-refractivity contribution is 6.00. The van der Waals surface area contributed by atoms with Crippen LogP contribution >= 0.6 is 12.4 Å². The Balaban J connectivity index is 0.00000147. The van der Waals surface area contributed by atoms with Gasteiger partial charge in [0.2, 0.25) is 5.91 Å². The summed E-state index contributed by atoms with van der Waals surface area (Å²) in [4.78, 5) is 11.8. The van der Waals surface area contributed by atoms with E-state index in [0.29, 0.717) is 6.61 Å². The fourth-order valence-corrected chi connectivity index (χ4v) is 2.03. The van der Waals surface area contributed by atoms with E-state index in [1.165, 1.54) is 0 Å². The lowest BCUT2D eigenvalue weighted by atomic mass is 10.2. The summed E-state index contributed by atoms with van der Waals surface area (Å²) in [5.74, 6) is 0.688. The SMILES string of the molecule is Cl.NC1(C(=O)Nc2ccc(OC3CCOC3)cc2)CC1. The van der Waals surface area contributed by atoms with E-state index >= 15 is 0 Å². The Morgan fingerprint density at radius 1 is 1.35 bits per heavy atom. The van der Waals surface area contributed by atoms with Gasteiger partial charge in [-0.15, -0.1) is 12.4 Å². The second kappa shape index (κ2) is 5.99. The summed E-state index contributed by atoms with van der Waals surface area (Å²) in [7, 11) is 0. The maximum atomic E-state index is 11.8. The summed E-state index contributed by atoms with van der Waals surface area (Å²) in [6.45, 7) is 1.41. The first-order chi connectivity index (χ1) is 9.16. The molecule has 0 spiro atoms. The maximum absolute atomic E-state index is 11.8. The summed E-state index contributed by atoms with van der Waals surface area (Å²) in [5, 5.41) is 2.82. The number of ether oxygens (including phenoxy) is 2. The zero-order valence-electron chi connectivity index (χ0n) is 11.1. The Bertz CT molecular complexity index is 468. The summed E-state index contributed by atoms with van der Waals surface area (Å²) in [6.07, 6.45) is 2.59. The molecule has 1 aliphatic heterocycles. The van der Waals surface area contributed by atoms with Crippen LogP contribution in [0.5, 0.6) is 5.75 Å². The van der Waals surface area contributed by atoms with E-state index in [1.807, 2.05) is 24.3 Å². The number of carbonyl (C=O) groups excluding carboxylic acids is 1. The zero-order valence-corrected chi connectivity index (χ0v) is 11.9. The number of carbonyl (C=O) groups is 1. The van der Waals surface area contributed by atoms with Gasteiger partial charge in [-0.25, -0.2) is 0 Å². The van der Waals surface area contributed by atoms with Crippen molar-refractivity contribution in [2.45, 2.75) is 30.9 Å². The Labute approximate surface area is 124 Å². The van der Waals surface area contributed by atoms with Gasteiger partial charge in [-0.05, 0) is 37.1 Å². The van der Waals surface area contributed by atoms with E-state index in [2.05, 4.69) is 5.32 Å². The zero-order chi connectivity index (χ0) is 13.3. The highest BCUT2D eigenvalue weighted by Gasteiger charge is 2.45. The minimum absolute atomic E-state index is 0. The molecule has 1 saturated carbocycles. The van der Waals surface area contributed by atoms with Crippen LogP contribution in [0.4, 0.5) is 5.69 Å². The van der Waals surface area contributed by atoms with Gasteiger partial charge in [0.15, 0.2) is 0 Å². The standard InChI is InChI=1S/C14H18N2O3.ClH/c15-14(6-7-14)13(17)16-10-1-3-11(4-2-10)19-12-5-8-18-9-12;/h1-4,12H,5-9,15H2,(H,16,17);1H. The minimum Gasteiger partial charge on any atom is -0.488 e. The number of nitrogens with one attached hydrogen (secondary N) is 1. The molecular weight excluding hydrogens is 280 g/mol. The molecule has 5 nitrogen and oxygen atoms in total. The first-order valence-corrected chi connectivity index (χ1v) is 6.60. The number of amides is 1. The Hall–Kier alpha value is -1.30. The summed E-state index contributed by atoms with van der Waals surface area (Å²) >= 11 is 0. The van der Waals surface area contributed by atoms with Gasteiger partial charge < -0.3 is 20.5 Å². The van der Waals surface area contributed by atoms with Gasteiger partial charge in [-0.2, -0.15) is 0 Å². The van der Waals surface area contributed by atoms with Gasteiger partial charge in [0.1, 0.15) is 11.9 Å². The highest BCUT2D eigenvalue weighted by Crippen LogP contribution is 2.33. The van der Waals surface area contributed by atoms with Crippen molar-refractivity contribution in [3.05, 3.63) is 24.3 Å². The average Bonchev–Trinajstić information content (AvgIpc) is 2.96. The van der Waals surface area contributed by atoms with E-state index < -0.39 is 5.54 Å².